The van der Waals surface area contributed by atoms with Crippen LogP contribution < -0.4 is 0 Å². The lowest BCUT2D eigenvalue weighted by molar-refractivity contribution is 0.122. The van der Waals surface area contributed by atoms with Crippen LogP contribution in [0.4, 0.5) is 0 Å². The molecule has 0 aliphatic heterocycles. The fourth-order valence-electron chi connectivity index (χ4n) is 2.34. The largest absolute Gasteiger partial charge is 0.414 e. The van der Waals surface area contributed by atoms with E-state index < -0.39 is 0 Å². The van der Waals surface area contributed by atoms with Crippen molar-refractivity contribution in [2.24, 2.45) is 0 Å². The van der Waals surface area contributed by atoms with Crippen molar-refractivity contribution in [3.63, 3.8) is 0 Å². The maximum absolute atomic E-state index is 6.06. The second-order valence-corrected chi connectivity index (χ2v) is 5.40. The van der Waals surface area contributed by atoms with Gasteiger partial charge in [0.15, 0.2) is 0 Å². The first kappa shape index (κ1) is 13.5. The minimum absolute atomic E-state index is 0.307. The summed E-state index contributed by atoms with van der Waals surface area (Å²) in [6.45, 7) is 0. The van der Waals surface area contributed by atoms with E-state index in [1.807, 2.05) is 12.1 Å². The Hall–Kier alpha value is -0.903. The lowest BCUT2D eigenvalue weighted by atomic mass is 9.84. The summed E-state index contributed by atoms with van der Waals surface area (Å²) in [6.07, 6.45) is 0.935. The Kier molecular flexibility index (Phi) is 4.75. The fraction of sp³-hybridized carbons (Fsp3) is 0.200. The molecule has 0 saturated carbocycles. The topological polar surface area (TPSA) is 9.23 Å². The van der Waals surface area contributed by atoms with Crippen LogP contribution in [0.3, 0.4) is 0 Å². The van der Waals surface area contributed by atoms with Crippen molar-refractivity contribution >= 4 is 26.4 Å². The zero-order valence-electron chi connectivity index (χ0n) is 10.5. The smallest absolute Gasteiger partial charge is 0.147 e. The van der Waals surface area contributed by atoms with Crippen molar-refractivity contribution in [2.75, 3.05) is 5.33 Å². The summed E-state index contributed by atoms with van der Waals surface area (Å²) in [5.74, 6) is 0. The van der Waals surface area contributed by atoms with Crippen LogP contribution in [0, 0.1) is 0 Å². The molecule has 0 spiro atoms. The molecule has 0 heterocycles. The minimum atomic E-state index is -0.307. The third-order valence-electron chi connectivity index (χ3n) is 3.28. The van der Waals surface area contributed by atoms with E-state index in [1.54, 1.807) is 0 Å². The van der Waals surface area contributed by atoms with Crippen LogP contribution in [-0.2, 0) is 10.0 Å². The number of halogens is 1. The number of rotatable bonds is 5. The van der Waals surface area contributed by atoms with Crippen LogP contribution in [0.1, 0.15) is 17.5 Å². The van der Waals surface area contributed by atoms with Gasteiger partial charge in [-0.15, -0.1) is 0 Å². The minimum Gasteiger partial charge on any atom is -0.414 e. The Morgan fingerprint density at radius 2 is 1.33 bits per heavy atom. The third kappa shape index (κ3) is 2.58. The Bertz CT molecular complexity index is 433. The molecule has 1 nitrogen and oxygen atoms in total. The molecule has 18 heavy (non-hydrogen) atoms. The molecule has 0 aliphatic rings. The van der Waals surface area contributed by atoms with Crippen molar-refractivity contribution in [3.8, 4) is 0 Å². The maximum Gasteiger partial charge on any atom is 0.147 e. The summed E-state index contributed by atoms with van der Waals surface area (Å²) in [6, 6.07) is 21.0. The summed E-state index contributed by atoms with van der Waals surface area (Å²) in [5.41, 5.74) is 2.15. The molecule has 0 unspecified atom stereocenters. The van der Waals surface area contributed by atoms with Crippen LogP contribution in [0.15, 0.2) is 60.7 Å². The Morgan fingerprint density at radius 3 is 1.67 bits per heavy atom. The highest BCUT2D eigenvalue weighted by atomic mass is 79.9. The molecule has 0 bridgehead atoms. The van der Waals surface area contributed by atoms with Gasteiger partial charge in [-0.1, -0.05) is 76.6 Å². The van der Waals surface area contributed by atoms with Gasteiger partial charge in [-0.25, -0.2) is 0 Å². The second kappa shape index (κ2) is 6.32. The lowest BCUT2D eigenvalue weighted by Crippen LogP contribution is -2.31. The average Bonchev–Trinajstić information content (AvgIpc) is 2.47. The van der Waals surface area contributed by atoms with E-state index in [9.17, 15) is 0 Å². The van der Waals surface area contributed by atoms with Crippen molar-refractivity contribution in [1.29, 1.82) is 0 Å². The summed E-state index contributed by atoms with van der Waals surface area (Å²) >= 11 is 3.56. The fourth-order valence-corrected chi connectivity index (χ4v) is 3.57. The van der Waals surface area contributed by atoms with E-state index in [-0.39, 0.29) is 5.60 Å². The predicted octanol–water partition coefficient (Wildman–Crippen LogP) is 3.01. The van der Waals surface area contributed by atoms with Gasteiger partial charge < -0.3 is 4.43 Å². The molecule has 0 saturated heterocycles. The van der Waals surface area contributed by atoms with E-state index in [4.69, 9.17) is 4.43 Å². The Balaban J connectivity index is 2.53. The van der Waals surface area contributed by atoms with Crippen molar-refractivity contribution < 1.29 is 4.43 Å². The Morgan fingerprint density at radius 1 is 0.889 bits per heavy atom. The molecule has 0 amide bonds. The second-order valence-electron chi connectivity index (χ2n) is 4.20. The molecule has 2 aromatic rings. The molecular weight excluding hydrogens is 304 g/mol. The van der Waals surface area contributed by atoms with Gasteiger partial charge in [-0.05, 0) is 17.5 Å². The summed E-state index contributed by atoms with van der Waals surface area (Å²) in [5, 5.41) is 0.916. The van der Waals surface area contributed by atoms with E-state index >= 15 is 0 Å². The highest BCUT2D eigenvalue weighted by Crippen LogP contribution is 2.36. The van der Waals surface area contributed by atoms with Crippen LogP contribution in [0.2, 0.25) is 0 Å². The molecule has 3 heteroatoms. The maximum atomic E-state index is 6.06. The first-order valence-corrected chi connectivity index (χ1v) is 7.99. The standard InChI is InChI=1S/C15H17BrOSi/c16-12-11-15(17-18,13-7-3-1-4-8-13)14-9-5-2-6-10-14/h1-10H,11-12H2,18H3. The predicted molar refractivity (Wildman–Crippen MR) is 83.1 cm³/mol. The van der Waals surface area contributed by atoms with Gasteiger partial charge in [-0.2, -0.15) is 0 Å². The number of hydrogen-bond donors (Lipinski definition) is 0. The number of alkyl halides is 1. The van der Waals surface area contributed by atoms with Crippen LogP contribution in [-0.4, -0.2) is 15.8 Å². The van der Waals surface area contributed by atoms with Gasteiger partial charge in [0.25, 0.3) is 0 Å². The van der Waals surface area contributed by atoms with Crippen molar-refractivity contribution in [1.82, 2.24) is 0 Å². The van der Waals surface area contributed by atoms with E-state index in [0.717, 1.165) is 11.8 Å². The third-order valence-corrected chi connectivity index (χ3v) is 4.37. The van der Waals surface area contributed by atoms with E-state index in [1.165, 1.54) is 11.1 Å². The van der Waals surface area contributed by atoms with Crippen LogP contribution >= 0.6 is 15.9 Å². The average molecular weight is 321 g/mol. The number of benzene rings is 2. The quantitative estimate of drug-likeness (QED) is 0.608. The van der Waals surface area contributed by atoms with Gasteiger partial charge in [0.1, 0.15) is 16.1 Å². The summed E-state index contributed by atoms with van der Waals surface area (Å²) in [4.78, 5) is 0. The van der Waals surface area contributed by atoms with Crippen molar-refractivity contribution in [2.45, 2.75) is 12.0 Å². The molecule has 0 aromatic heterocycles. The normalized spacial score (nSPS) is 11.6. The highest BCUT2D eigenvalue weighted by molar-refractivity contribution is 9.09. The highest BCUT2D eigenvalue weighted by Gasteiger charge is 2.32. The van der Waals surface area contributed by atoms with E-state index in [0.29, 0.717) is 10.5 Å². The molecule has 0 atom stereocenters. The first-order valence-electron chi connectivity index (χ1n) is 6.05. The zero-order chi connectivity index (χ0) is 12.8. The van der Waals surface area contributed by atoms with Gasteiger partial charge in [0.05, 0.1) is 0 Å². The summed E-state index contributed by atoms with van der Waals surface area (Å²) in [7, 11) is 0.709. The summed E-state index contributed by atoms with van der Waals surface area (Å²) < 4.78 is 6.06. The van der Waals surface area contributed by atoms with Gasteiger partial charge in [-0.3, -0.25) is 0 Å². The first-order chi connectivity index (χ1) is 8.83. The molecule has 2 aromatic carbocycles. The van der Waals surface area contributed by atoms with Gasteiger partial charge in [0, 0.05) is 5.33 Å². The molecule has 0 N–H and O–H groups in total. The van der Waals surface area contributed by atoms with Gasteiger partial charge >= 0.3 is 0 Å². The molecule has 0 fully saturated rings. The lowest BCUT2D eigenvalue weighted by Gasteiger charge is -2.34. The molecule has 0 radical (unpaired) electrons. The SMILES string of the molecule is [SiH3]OC(CCBr)(c1ccccc1)c1ccccc1. The molecule has 0 aliphatic carbocycles. The van der Waals surface area contributed by atoms with Crippen LogP contribution in [0.25, 0.3) is 0 Å². The molecular formula is C15H17BrOSi. The number of hydrogen-bond acceptors (Lipinski definition) is 1. The zero-order valence-corrected chi connectivity index (χ0v) is 14.1. The van der Waals surface area contributed by atoms with Gasteiger partial charge in [0.2, 0.25) is 0 Å². The Labute approximate surface area is 120 Å². The van der Waals surface area contributed by atoms with Crippen molar-refractivity contribution in [3.05, 3.63) is 71.8 Å². The molecule has 94 valence electrons. The van der Waals surface area contributed by atoms with Crippen LogP contribution in [0.5, 0.6) is 0 Å². The monoisotopic (exact) mass is 320 g/mol. The van der Waals surface area contributed by atoms with E-state index in [2.05, 4.69) is 64.5 Å². The molecule has 2 rings (SSSR count).